The molecule has 1 aliphatic rings. The van der Waals surface area contributed by atoms with Crippen molar-refractivity contribution in [3.05, 3.63) is 35.4 Å². The van der Waals surface area contributed by atoms with E-state index in [9.17, 15) is 18.3 Å². The molecule has 1 aliphatic heterocycles. The summed E-state index contributed by atoms with van der Waals surface area (Å²) in [6.07, 6.45) is -3.95. The summed E-state index contributed by atoms with van der Waals surface area (Å²) in [6, 6.07) is 4.68. The normalized spacial score (nSPS) is 29.6. The summed E-state index contributed by atoms with van der Waals surface area (Å²) in [4.78, 5) is 0. The molecule has 0 amide bonds. The largest absolute Gasteiger partial charge is 0.416 e. The van der Waals surface area contributed by atoms with Crippen LogP contribution in [-0.4, -0.2) is 17.7 Å². The quantitative estimate of drug-likeness (QED) is 0.795. The minimum absolute atomic E-state index is 0.244. The lowest BCUT2D eigenvalue weighted by atomic mass is 9.86. The summed E-state index contributed by atoms with van der Waals surface area (Å²) in [5, 5.41) is 13.4. The zero-order chi connectivity index (χ0) is 12.7. The number of hydrogen-bond donors (Lipinski definition) is 2. The van der Waals surface area contributed by atoms with Crippen molar-refractivity contribution in [3.8, 4) is 0 Å². The first-order chi connectivity index (χ1) is 7.84. The molecule has 1 fully saturated rings. The molecule has 1 heterocycles. The van der Waals surface area contributed by atoms with Gasteiger partial charge in [0.2, 0.25) is 0 Å². The molecule has 0 radical (unpaired) electrons. The highest BCUT2D eigenvalue weighted by Gasteiger charge is 2.41. The topological polar surface area (TPSA) is 32.3 Å². The fraction of sp³-hybridized carbons (Fsp3) is 0.500. The summed E-state index contributed by atoms with van der Waals surface area (Å²) >= 11 is 0. The highest BCUT2D eigenvalue weighted by atomic mass is 19.4. The molecule has 94 valence electrons. The molecule has 1 saturated heterocycles. The van der Waals surface area contributed by atoms with Gasteiger partial charge in [-0.15, -0.1) is 0 Å². The first kappa shape index (κ1) is 12.4. The molecule has 1 aromatic carbocycles. The van der Waals surface area contributed by atoms with Crippen molar-refractivity contribution in [1.29, 1.82) is 0 Å². The number of aliphatic hydroxyl groups is 1. The van der Waals surface area contributed by atoms with Crippen molar-refractivity contribution in [1.82, 2.24) is 5.32 Å². The molecule has 2 atom stereocenters. The van der Waals surface area contributed by atoms with Gasteiger partial charge in [0.15, 0.2) is 0 Å². The van der Waals surface area contributed by atoms with Crippen LogP contribution in [0.5, 0.6) is 0 Å². The lowest BCUT2D eigenvalue weighted by Gasteiger charge is -2.28. The standard InChI is InChI=1S/C12H14F3NO/c1-8-11(17,5-6-16-8)9-3-2-4-10(7-9)12(13,14)15/h2-4,7-8,16-17H,5-6H2,1H3. The van der Waals surface area contributed by atoms with E-state index in [-0.39, 0.29) is 6.04 Å². The number of halogens is 3. The molecule has 0 spiro atoms. The molecule has 0 saturated carbocycles. The first-order valence-electron chi connectivity index (χ1n) is 5.47. The highest BCUT2D eigenvalue weighted by molar-refractivity contribution is 5.32. The Bertz CT molecular complexity index is 418. The Morgan fingerprint density at radius 1 is 1.41 bits per heavy atom. The average Bonchev–Trinajstić information content (AvgIpc) is 2.60. The Kier molecular flexibility index (Phi) is 2.91. The summed E-state index contributed by atoms with van der Waals surface area (Å²) in [7, 11) is 0. The van der Waals surface area contributed by atoms with E-state index in [2.05, 4.69) is 5.32 Å². The SMILES string of the molecule is CC1NCCC1(O)c1cccc(C(F)(F)F)c1. The van der Waals surface area contributed by atoms with Crippen LogP contribution in [0.25, 0.3) is 0 Å². The maximum atomic E-state index is 12.6. The van der Waals surface area contributed by atoms with E-state index in [1.165, 1.54) is 6.07 Å². The molecule has 2 N–H and O–H groups in total. The molecule has 1 aromatic rings. The van der Waals surface area contributed by atoms with Crippen molar-refractivity contribution in [2.75, 3.05) is 6.54 Å². The second-order valence-corrected chi connectivity index (χ2v) is 4.43. The number of benzene rings is 1. The minimum atomic E-state index is -4.37. The van der Waals surface area contributed by atoms with Crippen molar-refractivity contribution in [2.45, 2.75) is 31.2 Å². The van der Waals surface area contributed by atoms with Crippen LogP contribution < -0.4 is 5.32 Å². The van der Waals surface area contributed by atoms with Gasteiger partial charge < -0.3 is 10.4 Å². The van der Waals surface area contributed by atoms with Gasteiger partial charge in [0.25, 0.3) is 0 Å². The number of hydrogen-bond acceptors (Lipinski definition) is 2. The molecular weight excluding hydrogens is 231 g/mol. The molecule has 17 heavy (non-hydrogen) atoms. The van der Waals surface area contributed by atoms with E-state index in [4.69, 9.17) is 0 Å². The zero-order valence-electron chi connectivity index (χ0n) is 9.38. The zero-order valence-corrected chi connectivity index (χ0v) is 9.38. The van der Waals surface area contributed by atoms with E-state index < -0.39 is 17.3 Å². The Morgan fingerprint density at radius 2 is 2.12 bits per heavy atom. The van der Waals surface area contributed by atoms with Crippen LogP contribution in [-0.2, 0) is 11.8 Å². The fourth-order valence-electron chi connectivity index (χ4n) is 2.22. The van der Waals surface area contributed by atoms with E-state index in [1.54, 1.807) is 13.0 Å². The van der Waals surface area contributed by atoms with E-state index in [0.717, 1.165) is 12.1 Å². The van der Waals surface area contributed by atoms with Crippen LogP contribution in [0.4, 0.5) is 13.2 Å². The molecule has 0 aromatic heterocycles. The Morgan fingerprint density at radius 3 is 2.65 bits per heavy atom. The molecule has 5 heteroatoms. The summed E-state index contributed by atoms with van der Waals surface area (Å²) in [6.45, 7) is 2.38. The summed E-state index contributed by atoms with van der Waals surface area (Å²) in [5.74, 6) is 0. The van der Waals surface area contributed by atoms with Gasteiger partial charge in [0.1, 0.15) is 5.60 Å². The molecule has 0 bridgehead atoms. The summed E-state index contributed by atoms with van der Waals surface area (Å²) in [5.41, 5.74) is -1.60. The lowest BCUT2D eigenvalue weighted by molar-refractivity contribution is -0.137. The third kappa shape index (κ3) is 2.17. The van der Waals surface area contributed by atoms with Gasteiger partial charge in [0.05, 0.1) is 5.56 Å². The minimum Gasteiger partial charge on any atom is -0.383 e. The Hall–Kier alpha value is -1.07. The van der Waals surface area contributed by atoms with Crippen molar-refractivity contribution in [2.24, 2.45) is 0 Å². The number of alkyl halides is 3. The van der Waals surface area contributed by atoms with Gasteiger partial charge in [-0.25, -0.2) is 0 Å². The maximum absolute atomic E-state index is 12.6. The Balaban J connectivity index is 2.40. The average molecular weight is 245 g/mol. The molecular formula is C12H14F3NO. The molecule has 2 nitrogen and oxygen atoms in total. The third-order valence-electron chi connectivity index (χ3n) is 3.36. The first-order valence-corrected chi connectivity index (χ1v) is 5.47. The van der Waals surface area contributed by atoms with Crippen molar-refractivity contribution >= 4 is 0 Å². The van der Waals surface area contributed by atoms with Gasteiger partial charge >= 0.3 is 6.18 Å². The predicted molar refractivity (Wildman–Crippen MR) is 57.4 cm³/mol. The smallest absolute Gasteiger partial charge is 0.383 e. The van der Waals surface area contributed by atoms with Crippen LogP contribution in [0.3, 0.4) is 0 Å². The fourth-order valence-corrected chi connectivity index (χ4v) is 2.22. The van der Waals surface area contributed by atoms with Crippen molar-refractivity contribution in [3.63, 3.8) is 0 Å². The van der Waals surface area contributed by atoms with Crippen LogP contribution in [0.1, 0.15) is 24.5 Å². The molecule has 2 unspecified atom stereocenters. The van der Waals surface area contributed by atoms with Gasteiger partial charge in [-0.1, -0.05) is 12.1 Å². The van der Waals surface area contributed by atoms with E-state index >= 15 is 0 Å². The van der Waals surface area contributed by atoms with Gasteiger partial charge in [-0.05, 0) is 37.6 Å². The second-order valence-electron chi connectivity index (χ2n) is 4.43. The Labute approximate surface area is 97.5 Å². The maximum Gasteiger partial charge on any atom is 0.416 e. The monoisotopic (exact) mass is 245 g/mol. The van der Waals surface area contributed by atoms with Gasteiger partial charge in [0, 0.05) is 6.04 Å². The van der Waals surface area contributed by atoms with Gasteiger partial charge in [-0.3, -0.25) is 0 Å². The van der Waals surface area contributed by atoms with Crippen LogP contribution >= 0.6 is 0 Å². The summed E-state index contributed by atoms with van der Waals surface area (Å²) < 4.78 is 37.7. The molecule has 2 rings (SSSR count). The van der Waals surface area contributed by atoms with Crippen LogP contribution in [0.15, 0.2) is 24.3 Å². The van der Waals surface area contributed by atoms with Crippen molar-refractivity contribution < 1.29 is 18.3 Å². The van der Waals surface area contributed by atoms with E-state index in [0.29, 0.717) is 18.5 Å². The lowest BCUT2D eigenvalue weighted by Crippen LogP contribution is -2.37. The molecule has 0 aliphatic carbocycles. The third-order valence-corrected chi connectivity index (χ3v) is 3.36. The number of rotatable bonds is 1. The van der Waals surface area contributed by atoms with Gasteiger partial charge in [-0.2, -0.15) is 13.2 Å². The van der Waals surface area contributed by atoms with Crippen LogP contribution in [0.2, 0.25) is 0 Å². The predicted octanol–water partition coefficient (Wildman–Crippen LogP) is 2.27. The highest BCUT2D eigenvalue weighted by Crippen LogP contribution is 2.36. The second kappa shape index (κ2) is 3.99. The van der Waals surface area contributed by atoms with Crippen LogP contribution in [0, 0.1) is 0 Å². The number of nitrogens with one attached hydrogen (secondary N) is 1. The van der Waals surface area contributed by atoms with E-state index in [1.807, 2.05) is 0 Å².